The van der Waals surface area contributed by atoms with Gasteiger partial charge in [0, 0.05) is 37.2 Å². The van der Waals surface area contributed by atoms with E-state index < -0.39 is 0 Å². The van der Waals surface area contributed by atoms with Crippen molar-refractivity contribution >= 4 is 28.4 Å². The smallest absolute Gasteiger partial charge is 0.278 e. The number of rotatable bonds is 5. The van der Waals surface area contributed by atoms with Crippen LogP contribution in [-0.2, 0) is 6.54 Å². The molecule has 37 heavy (non-hydrogen) atoms. The van der Waals surface area contributed by atoms with Crippen LogP contribution in [0.4, 0.5) is 17.3 Å². The van der Waals surface area contributed by atoms with Gasteiger partial charge in [0.25, 0.3) is 5.56 Å². The maximum absolute atomic E-state index is 13.0. The average Bonchev–Trinajstić information content (AvgIpc) is 3.22. The molecule has 1 spiro atoms. The maximum atomic E-state index is 13.0. The van der Waals surface area contributed by atoms with Crippen LogP contribution in [0.5, 0.6) is 0 Å². The van der Waals surface area contributed by atoms with Gasteiger partial charge in [-0.3, -0.25) is 4.79 Å². The van der Waals surface area contributed by atoms with Gasteiger partial charge in [-0.1, -0.05) is 18.2 Å². The number of benzene rings is 2. The topological polar surface area (TPSA) is 71.2 Å². The Balaban J connectivity index is 1.19. The van der Waals surface area contributed by atoms with E-state index in [0.717, 1.165) is 24.5 Å². The molecule has 2 fully saturated rings. The molecule has 4 heterocycles. The van der Waals surface area contributed by atoms with E-state index >= 15 is 0 Å². The minimum atomic E-state index is -0.0826. The van der Waals surface area contributed by atoms with Crippen molar-refractivity contribution in [1.29, 1.82) is 0 Å². The van der Waals surface area contributed by atoms with Crippen molar-refractivity contribution in [3.8, 4) is 5.69 Å². The van der Waals surface area contributed by atoms with Gasteiger partial charge >= 0.3 is 0 Å². The lowest BCUT2D eigenvalue weighted by molar-refractivity contribution is 0.0945. The lowest BCUT2D eigenvalue weighted by Gasteiger charge is -2.46. The third-order valence-electron chi connectivity index (χ3n) is 8.34. The van der Waals surface area contributed by atoms with Gasteiger partial charge in [0.2, 0.25) is 5.95 Å². The first kappa shape index (κ1) is 23.7. The van der Waals surface area contributed by atoms with Gasteiger partial charge in [-0.15, -0.1) is 0 Å². The fourth-order valence-corrected chi connectivity index (χ4v) is 5.92. The van der Waals surface area contributed by atoms with E-state index in [-0.39, 0.29) is 5.56 Å². The van der Waals surface area contributed by atoms with Crippen molar-refractivity contribution in [2.75, 3.05) is 43.4 Å². The normalized spacial score (nSPS) is 17.9. The van der Waals surface area contributed by atoms with Crippen molar-refractivity contribution < 1.29 is 0 Å². The highest BCUT2D eigenvalue weighted by Crippen LogP contribution is 2.42. The van der Waals surface area contributed by atoms with Crippen LogP contribution in [0, 0.1) is 5.41 Å². The lowest BCUT2D eigenvalue weighted by Crippen LogP contribution is -2.46. The third-order valence-corrected chi connectivity index (χ3v) is 8.34. The number of para-hydroxylation sites is 1. The summed E-state index contributed by atoms with van der Waals surface area (Å²) in [5.74, 6) is 0.473. The minimum absolute atomic E-state index is 0.0826. The highest BCUT2D eigenvalue weighted by atomic mass is 16.1. The van der Waals surface area contributed by atoms with E-state index in [1.165, 1.54) is 44.5 Å². The van der Waals surface area contributed by atoms with Gasteiger partial charge in [0.15, 0.2) is 5.65 Å². The highest BCUT2D eigenvalue weighted by Gasteiger charge is 2.36. The van der Waals surface area contributed by atoms with E-state index in [4.69, 9.17) is 4.98 Å². The number of piperidine rings is 2. The molecular weight excluding hydrogens is 462 g/mol. The Hall–Kier alpha value is -3.65. The first-order chi connectivity index (χ1) is 18.0. The quantitative estimate of drug-likeness (QED) is 0.433. The summed E-state index contributed by atoms with van der Waals surface area (Å²) >= 11 is 0. The molecule has 2 aliphatic rings. The molecule has 0 saturated carbocycles. The van der Waals surface area contributed by atoms with E-state index in [1.807, 2.05) is 41.9 Å². The molecule has 8 nitrogen and oxygen atoms in total. The molecule has 4 aromatic rings. The number of nitrogens with zero attached hydrogens (tertiary/aromatic N) is 6. The Morgan fingerprint density at radius 1 is 0.892 bits per heavy atom. The number of anilines is 3. The molecule has 0 aliphatic carbocycles. The Morgan fingerprint density at radius 3 is 2.24 bits per heavy atom. The van der Waals surface area contributed by atoms with Crippen LogP contribution in [-0.4, -0.2) is 57.5 Å². The third kappa shape index (κ3) is 4.50. The maximum Gasteiger partial charge on any atom is 0.278 e. The Kier molecular flexibility index (Phi) is 6.20. The van der Waals surface area contributed by atoms with Crippen LogP contribution in [0.25, 0.3) is 16.7 Å². The number of hydrogen-bond donors (Lipinski definition) is 1. The molecule has 8 heteroatoms. The zero-order chi connectivity index (χ0) is 25.4. The summed E-state index contributed by atoms with van der Waals surface area (Å²) in [6.07, 6.45) is 6.87. The fraction of sp³-hybridized carbons (Fsp3) is 0.414. The molecule has 2 aromatic carbocycles. The summed E-state index contributed by atoms with van der Waals surface area (Å²) in [7, 11) is 2.24. The monoisotopic (exact) mass is 497 g/mol. The number of likely N-dealkylation sites (tertiary alicyclic amines) is 1. The first-order valence-electron chi connectivity index (χ1n) is 13.4. The van der Waals surface area contributed by atoms with Crippen molar-refractivity contribution in [2.45, 2.75) is 39.2 Å². The van der Waals surface area contributed by atoms with Gasteiger partial charge in [0.05, 0.1) is 5.69 Å². The molecule has 0 amide bonds. The van der Waals surface area contributed by atoms with E-state index in [2.05, 4.69) is 51.4 Å². The molecule has 0 atom stereocenters. The molecule has 2 aliphatic heterocycles. The van der Waals surface area contributed by atoms with Gasteiger partial charge in [-0.2, -0.15) is 4.98 Å². The summed E-state index contributed by atoms with van der Waals surface area (Å²) < 4.78 is 3.57. The standard InChI is InChI=1S/C29H35N7O/c1-3-35-27(37)25-21-30-28(32-26(25)36(35)24-7-5-4-6-8-24)31-22-9-11-23(12-10-22)34-19-15-29(16-20-34)13-17-33(2)18-14-29/h4-12,21H,3,13-20H2,1-2H3,(H,30,31,32). The van der Waals surface area contributed by atoms with Crippen LogP contribution < -0.4 is 15.8 Å². The largest absolute Gasteiger partial charge is 0.371 e. The van der Waals surface area contributed by atoms with Crippen LogP contribution in [0.2, 0.25) is 0 Å². The van der Waals surface area contributed by atoms with Gasteiger partial charge in [-0.25, -0.2) is 14.3 Å². The number of hydrogen-bond acceptors (Lipinski definition) is 6. The molecule has 2 aromatic heterocycles. The van der Waals surface area contributed by atoms with Crippen LogP contribution in [0.1, 0.15) is 32.6 Å². The molecule has 6 rings (SSSR count). The minimum Gasteiger partial charge on any atom is -0.371 e. The number of fused-ring (bicyclic) bond motifs is 1. The Bertz CT molecular complexity index is 1420. The van der Waals surface area contributed by atoms with Crippen molar-refractivity contribution in [3.63, 3.8) is 0 Å². The molecule has 2 saturated heterocycles. The number of nitrogens with one attached hydrogen (secondary N) is 1. The van der Waals surface area contributed by atoms with Crippen LogP contribution >= 0.6 is 0 Å². The zero-order valence-electron chi connectivity index (χ0n) is 21.7. The lowest BCUT2D eigenvalue weighted by atomic mass is 9.71. The molecule has 0 unspecified atom stereocenters. The Labute approximate surface area is 217 Å². The zero-order valence-corrected chi connectivity index (χ0v) is 21.7. The SMILES string of the molecule is CCn1c(=O)c2cnc(Nc3ccc(N4CCC5(CCN(C)CC5)CC4)cc3)nc2n1-c1ccccc1. The molecule has 0 bridgehead atoms. The van der Waals surface area contributed by atoms with Gasteiger partial charge in [0.1, 0.15) is 5.39 Å². The number of aromatic nitrogens is 4. The summed E-state index contributed by atoms with van der Waals surface area (Å²) in [5, 5.41) is 3.85. The summed E-state index contributed by atoms with van der Waals surface area (Å²) in [6.45, 7) is 7.23. The second-order valence-electron chi connectivity index (χ2n) is 10.6. The summed E-state index contributed by atoms with van der Waals surface area (Å²) in [5.41, 5.74) is 4.16. The molecular formula is C29H35N7O. The highest BCUT2D eigenvalue weighted by molar-refractivity contribution is 5.77. The predicted octanol–water partition coefficient (Wildman–Crippen LogP) is 4.66. The second kappa shape index (κ2) is 9.67. The average molecular weight is 498 g/mol. The predicted molar refractivity (Wildman–Crippen MR) is 149 cm³/mol. The van der Waals surface area contributed by atoms with Crippen molar-refractivity contribution in [1.82, 2.24) is 24.2 Å². The second-order valence-corrected chi connectivity index (χ2v) is 10.6. The van der Waals surface area contributed by atoms with Crippen molar-refractivity contribution in [2.24, 2.45) is 5.41 Å². The molecule has 1 N–H and O–H groups in total. The first-order valence-corrected chi connectivity index (χ1v) is 13.4. The Morgan fingerprint density at radius 2 is 1.57 bits per heavy atom. The van der Waals surface area contributed by atoms with E-state index in [9.17, 15) is 4.79 Å². The summed E-state index contributed by atoms with van der Waals surface area (Å²) in [4.78, 5) is 27.1. The van der Waals surface area contributed by atoms with Crippen LogP contribution in [0.15, 0.2) is 65.6 Å². The van der Waals surface area contributed by atoms with E-state index in [0.29, 0.717) is 28.9 Å². The fourth-order valence-electron chi connectivity index (χ4n) is 5.92. The van der Waals surface area contributed by atoms with Crippen molar-refractivity contribution in [3.05, 3.63) is 71.1 Å². The van der Waals surface area contributed by atoms with E-state index in [1.54, 1.807) is 10.9 Å². The van der Waals surface area contributed by atoms with Gasteiger partial charge in [-0.05, 0) is 94.6 Å². The van der Waals surface area contributed by atoms with Gasteiger partial charge < -0.3 is 15.1 Å². The van der Waals surface area contributed by atoms with Crippen LogP contribution in [0.3, 0.4) is 0 Å². The summed E-state index contributed by atoms with van der Waals surface area (Å²) in [6, 6.07) is 18.4. The molecule has 0 radical (unpaired) electrons. The molecule has 192 valence electrons.